The summed E-state index contributed by atoms with van der Waals surface area (Å²) in [5, 5.41) is 3.78. The molecule has 1 atom stereocenters. The molecule has 0 spiro atoms. The fourth-order valence-corrected chi connectivity index (χ4v) is 2.39. The lowest BCUT2D eigenvalue weighted by Crippen LogP contribution is -2.51. The van der Waals surface area contributed by atoms with Crippen molar-refractivity contribution in [3.8, 4) is 0 Å². The number of carbonyl (C=O) groups is 1. The molecule has 0 aliphatic carbocycles. The maximum Gasteiger partial charge on any atom is 0.240 e. The Morgan fingerprint density at radius 3 is 2.72 bits per heavy atom. The maximum atomic E-state index is 11.8. The van der Waals surface area contributed by atoms with Gasteiger partial charge in [0, 0.05) is 11.1 Å². The lowest BCUT2D eigenvalue weighted by atomic mass is 9.97. The highest BCUT2D eigenvalue weighted by Gasteiger charge is 2.26. The van der Waals surface area contributed by atoms with Crippen LogP contribution in [0.2, 0.25) is 0 Å². The fourth-order valence-electron chi connectivity index (χ4n) is 1.58. The minimum atomic E-state index is -0.778. The van der Waals surface area contributed by atoms with E-state index in [0.29, 0.717) is 13.0 Å². The van der Waals surface area contributed by atoms with Gasteiger partial charge in [-0.25, -0.2) is 4.98 Å². The highest BCUT2D eigenvalue weighted by Crippen LogP contribution is 2.14. The number of aryl methyl sites for hydroxylation is 1. The third-order valence-corrected chi connectivity index (χ3v) is 3.78. The number of hydrogen-bond donors (Lipinski definition) is 2. The molecule has 0 bridgehead atoms. The minimum absolute atomic E-state index is 0. The molecule has 104 valence electrons. The van der Waals surface area contributed by atoms with Crippen LogP contribution in [0.5, 0.6) is 0 Å². The standard InChI is InChI=1S/C12H21N3OS.ClH/c1-4-6-12(3,13)11(16)15-8-10-14-7-9(5-2)17-10;/h7H,4-6,8,13H2,1-3H3,(H,15,16);1H. The molecule has 1 rings (SSSR count). The van der Waals surface area contributed by atoms with Crippen LogP contribution in [0.15, 0.2) is 6.20 Å². The van der Waals surface area contributed by atoms with Crippen LogP contribution in [0, 0.1) is 0 Å². The van der Waals surface area contributed by atoms with Crippen molar-refractivity contribution >= 4 is 29.7 Å². The van der Waals surface area contributed by atoms with E-state index in [1.165, 1.54) is 4.88 Å². The Morgan fingerprint density at radius 2 is 2.22 bits per heavy atom. The SMILES string of the molecule is CCCC(C)(N)C(=O)NCc1ncc(CC)s1.Cl. The molecular weight excluding hydrogens is 270 g/mol. The van der Waals surface area contributed by atoms with E-state index in [-0.39, 0.29) is 18.3 Å². The van der Waals surface area contributed by atoms with Crippen molar-refractivity contribution < 1.29 is 4.79 Å². The lowest BCUT2D eigenvalue weighted by molar-refractivity contribution is -0.126. The predicted molar refractivity (Wildman–Crippen MR) is 78.1 cm³/mol. The molecule has 4 nitrogen and oxygen atoms in total. The summed E-state index contributed by atoms with van der Waals surface area (Å²) in [6.07, 6.45) is 4.43. The van der Waals surface area contributed by atoms with E-state index in [4.69, 9.17) is 5.73 Å². The number of nitrogens with one attached hydrogen (secondary N) is 1. The summed E-state index contributed by atoms with van der Waals surface area (Å²) < 4.78 is 0. The molecule has 0 fully saturated rings. The quantitative estimate of drug-likeness (QED) is 0.845. The van der Waals surface area contributed by atoms with E-state index in [9.17, 15) is 4.79 Å². The Bertz CT molecular complexity index is 379. The Kier molecular flexibility index (Phi) is 7.43. The number of halogens is 1. The number of hydrogen-bond acceptors (Lipinski definition) is 4. The summed E-state index contributed by atoms with van der Waals surface area (Å²) in [5.41, 5.74) is 5.16. The monoisotopic (exact) mass is 291 g/mol. The van der Waals surface area contributed by atoms with Crippen LogP contribution in [0.25, 0.3) is 0 Å². The van der Waals surface area contributed by atoms with E-state index in [0.717, 1.165) is 17.8 Å². The van der Waals surface area contributed by atoms with Crippen LogP contribution in [0.4, 0.5) is 0 Å². The van der Waals surface area contributed by atoms with Gasteiger partial charge < -0.3 is 11.1 Å². The summed E-state index contributed by atoms with van der Waals surface area (Å²) in [7, 11) is 0. The molecule has 0 aliphatic rings. The van der Waals surface area contributed by atoms with E-state index >= 15 is 0 Å². The lowest BCUT2D eigenvalue weighted by Gasteiger charge is -2.22. The topological polar surface area (TPSA) is 68.0 Å². The zero-order chi connectivity index (χ0) is 12.9. The van der Waals surface area contributed by atoms with Gasteiger partial charge in [0.1, 0.15) is 5.01 Å². The van der Waals surface area contributed by atoms with Crippen molar-refractivity contribution in [3.63, 3.8) is 0 Å². The molecule has 0 saturated carbocycles. The maximum absolute atomic E-state index is 11.8. The second kappa shape index (κ2) is 7.71. The average molecular weight is 292 g/mol. The Hall–Kier alpha value is -0.650. The molecule has 1 unspecified atom stereocenters. The van der Waals surface area contributed by atoms with Gasteiger partial charge in [-0.3, -0.25) is 4.79 Å². The zero-order valence-corrected chi connectivity index (χ0v) is 12.8. The van der Waals surface area contributed by atoms with Crippen molar-refractivity contribution in [3.05, 3.63) is 16.1 Å². The van der Waals surface area contributed by atoms with Crippen molar-refractivity contribution in [1.82, 2.24) is 10.3 Å². The van der Waals surface area contributed by atoms with Crippen LogP contribution in [-0.2, 0) is 17.8 Å². The van der Waals surface area contributed by atoms with E-state index < -0.39 is 5.54 Å². The van der Waals surface area contributed by atoms with Crippen LogP contribution in [0.1, 0.15) is 43.5 Å². The number of carbonyl (C=O) groups excluding carboxylic acids is 1. The average Bonchev–Trinajstić information content (AvgIpc) is 2.73. The highest BCUT2D eigenvalue weighted by atomic mass is 35.5. The number of thiazole rings is 1. The Morgan fingerprint density at radius 1 is 1.56 bits per heavy atom. The molecular formula is C12H22ClN3OS. The Labute approximate surface area is 119 Å². The van der Waals surface area contributed by atoms with E-state index in [2.05, 4.69) is 17.2 Å². The first-order chi connectivity index (χ1) is 7.99. The number of amides is 1. The van der Waals surface area contributed by atoms with Gasteiger partial charge in [-0.2, -0.15) is 0 Å². The van der Waals surface area contributed by atoms with E-state index in [1.54, 1.807) is 18.3 Å². The van der Waals surface area contributed by atoms with Gasteiger partial charge in [0.25, 0.3) is 0 Å². The molecule has 3 N–H and O–H groups in total. The number of aromatic nitrogens is 1. The van der Waals surface area contributed by atoms with Gasteiger partial charge in [-0.15, -0.1) is 23.7 Å². The number of nitrogens with two attached hydrogens (primary N) is 1. The predicted octanol–water partition coefficient (Wildman–Crippen LogP) is 2.26. The molecule has 0 aromatic carbocycles. The summed E-state index contributed by atoms with van der Waals surface area (Å²) in [5.74, 6) is -0.104. The van der Waals surface area contributed by atoms with Gasteiger partial charge in [-0.05, 0) is 19.8 Å². The second-order valence-corrected chi connectivity index (χ2v) is 5.62. The van der Waals surface area contributed by atoms with Gasteiger partial charge in [0.2, 0.25) is 5.91 Å². The first-order valence-corrected chi connectivity index (χ1v) is 6.82. The van der Waals surface area contributed by atoms with Crippen LogP contribution < -0.4 is 11.1 Å². The molecule has 1 amide bonds. The minimum Gasteiger partial charge on any atom is -0.348 e. The highest BCUT2D eigenvalue weighted by molar-refractivity contribution is 7.11. The van der Waals surface area contributed by atoms with Crippen molar-refractivity contribution in [2.45, 2.75) is 52.1 Å². The number of nitrogens with zero attached hydrogens (tertiary/aromatic N) is 1. The molecule has 0 aliphatic heterocycles. The molecule has 0 saturated heterocycles. The summed E-state index contributed by atoms with van der Waals surface area (Å²) >= 11 is 1.63. The van der Waals surface area contributed by atoms with Gasteiger partial charge in [-0.1, -0.05) is 20.3 Å². The molecule has 1 aromatic rings. The molecule has 0 radical (unpaired) electrons. The van der Waals surface area contributed by atoms with Crippen molar-refractivity contribution in [2.75, 3.05) is 0 Å². The van der Waals surface area contributed by atoms with Gasteiger partial charge >= 0.3 is 0 Å². The largest absolute Gasteiger partial charge is 0.348 e. The normalized spacial score (nSPS) is 13.6. The van der Waals surface area contributed by atoms with Gasteiger partial charge in [0.05, 0.1) is 12.1 Å². The van der Waals surface area contributed by atoms with E-state index in [1.807, 2.05) is 13.1 Å². The first-order valence-electron chi connectivity index (χ1n) is 6.00. The third kappa shape index (κ3) is 4.92. The smallest absolute Gasteiger partial charge is 0.240 e. The second-order valence-electron chi connectivity index (χ2n) is 4.42. The third-order valence-electron chi connectivity index (χ3n) is 2.64. The Balaban J connectivity index is 0.00000289. The van der Waals surface area contributed by atoms with Crippen LogP contribution in [-0.4, -0.2) is 16.4 Å². The molecule has 18 heavy (non-hydrogen) atoms. The zero-order valence-electron chi connectivity index (χ0n) is 11.2. The first kappa shape index (κ1) is 17.4. The summed E-state index contributed by atoms with van der Waals surface area (Å²) in [6, 6.07) is 0. The van der Waals surface area contributed by atoms with Crippen LogP contribution in [0.3, 0.4) is 0 Å². The van der Waals surface area contributed by atoms with Crippen LogP contribution >= 0.6 is 23.7 Å². The molecule has 6 heteroatoms. The van der Waals surface area contributed by atoms with Crippen molar-refractivity contribution in [1.29, 1.82) is 0 Å². The van der Waals surface area contributed by atoms with Crippen molar-refractivity contribution in [2.24, 2.45) is 5.73 Å². The summed E-state index contributed by atoms with van der Waals surface area (Å²) in [4.78, 5) is 17.3. The molecule has 1 heterocycles. The molecule has 1 aromatic heterocycles. The van der Waals surface area contributed by atoms with Gasteiger partial charge in [0.15, 0.2) is 0 Å². The fraction of sp³-hybridized carbons (Fsp3) is 0.667. The summed E-state index contributed by atoms with van der Waals surface area (Å²) in [6.45, 7) is 6.35. The number of rotatable bonds is 6.